The lowest BCUT2D eigenvalue weighted by Gasteiger charge is -2.02. The van der Waals surface area contributed by atoms with Crippen LogP contribution in [0.1, 0.15) is 25.3 Å². The molecule has 0 aromatic heterocycles. The number of halogens is 2. The molecule has 0 radical (unpaired) electrons. The Kier molecular flexibility index (Phi) is 7.83. The normalized spacial score (nSPS) is 11.4. The van der Waals surface area contributed by atoms with Crippen molar-refractivity contribution in [2.45, 2.75) is 26.4 Å². The molecule has 0 amide bonds. The van der Waals surface area contributed by atoms with Gasteiger partial charge in [0.2, 0.25) is 0 Å². The van der Waals surface area contributed by atoms with Crippen LogP contribution in [0, 0.1) is 0 Å². The monoisotopic (exact) mass is 284 g/mol. The molecule has 0 saturated carbocycles. The molecule has 3 heteroatoms. The van der Waals surface area contributed by atoms with Gasteiger partial charge in [0.25, 0.3) is 0 Å². The van der Waals surface area contributed by atoms with Gasteiger partial charge in [-0.1, -0.05) is 71.3 Å². The topological polar surface area (TPSA) is 9.23 Å². The minimum Gasteiger partial charge on any atom is -0.373 e. The SMILES string of the molecule is C/C(=C\COCc1ccccc1)CCC=C(Cl)Cl. The first-order chi connectivity index (χ1) is 8.68. The Balaban J connectivity index is 2.18. The van der Waals surface area contributed by atoms with E-state index in [4.69, 9.17) is 27.9 Å². The molecule has 18 heavy (non-hydrogen) atoms. The van der Waals surface area contributed by atoms with E-state index in [9.17, 15) is 0 Å². The molecule has 1 rings (SSSR count). The Morgan fingerprint density at radius 3 is 2.56 bits per heavy atom. The van der Waals surface area contributed by atoms with E-state index in [0.29, 0.717) is 17.7 Å². The molecule has 0 saturated heterocycles. The van der Waals surface area contributed by atoms with E-state index >= 15 is 0 Å². The molecule has 0 unspecified atom stereocenters. The minimum absolute atomic E-state index is 0.336. The largest absolute Gasteiger partial charge is 0.373 e. The van der Waals surface area contributed by atoms with Crippen LogP contribution in [0.4, 0.5) is 0 Å². The highest BCUT2D eigenvalue weighted by Crippen LogP contribution is 2.11. The van der Waals surface area contributed by atoms with Crippen molar-refractivity contribution in [1.29, 1.82) is 0 Å². The smallest absolute Gasteiger partial charge is 0.102 e. The number of rotatable bonds is 7. The molecule has 0 aliphatic rings. The van der Waals surface area contributed by atoms with Gasteiger partial charge in [-0.2, -0.15) is 0 Å². The summed E-state index contributed by atoms with van der Waals surface area (Å²) in [6.07, 6.45) is 5.73. The Morgan fingerprint density at radius 1 is 1.17 bits per heavy atom. The molecule has 1 aromatic rings. The zero-order valence-electron chi connectivity index (χ0n) is 10.5. The molecule has 0 N–H and O–H groups in total. The van der Waals surface area contributed by atoms with Crippen molar-refractivity contribution in [3.63, 3.8) is 0 Å². The number of benzene rings is 1. The van der Waals surface area contributed by atoms with Crippen molar-refractivity contribution >= 4 is 23.2 Å². The van der Waals surface area contributed by atoms with E-state index in [1.54, 1.807) is 0 Å². The predicted octanol–water partition coefficient (Wildman–Crippen LogP) is 5.25. The van der Waals surface area contributed by atoms with Crippen LogP contribution in [0.25, 0.3) is 0 Å². The third-order valence-electron chi connectivity index (χ3n) is 2.50. The van der Waals surface area contributed by atoms with Crippen molar-refractivity contribution in [3.8, 4) is 0 Å². The van der Waals surface area contributed by atoms with Crippen molar-refractivity contribution in [1.82, 2.24) is 0 Å². The molecule has 0 heterocycles. The standard InChI is InChI=1S/C15H18Cl2O/c1-13(6-5-9-15(16)17)10-11-18-12-14-7-3-2-4-8-14/h2-4,7-10H,5-6,11-12H2,1H3/b13-10+. The van der Waals surface area contributed by atoms with Crippen molar-refractivity contribution in [2.75, 3.05) is 6.61 Å². The fraction of sp³-hybridized carbons (Fsp3) is 0.333. The second-order valence-electron chi connectivity index (χ2n) is 4.08. The first-order valence-corrected chi connectivity index (χ1v) is 6.72. The summed E-state index contributed by atoms with van der Waals surface area (Å²) in [5.41, 5.74) is 2.48. The Bertz CT molecular complexity index is 392. The molecule has 98 valence electrons. The van der Waals surface area contributed by atoms with E-state index in [0.717, 1.165) is 12.8 Å². The lowest BCUT2D eigenvalue weighted by atomic mass is 10.1. The lowest BCUT2D eigenvalue weighted by molar-refractivity contribution is 0.148. The Labute approximate surface area is 119 Å². The maximum atomic E-state index is 5.57. The average Bonchev–Trinajstić information content (AvgIpc) is 2.35. The molecule has 0 aliphatic heterocycles. The third kappa shape index (κ3) is 7.54. The minimum atomic E-state index is 0.336. The highest BCUT2D eigenvalue weighted by atomic mass is 35.5. The number of allylic oxidation sites excluding steroid dienone is 2. The summed E-state index contributed by atoms with van der Waals surface area (Å²) in [6.45, 7) is 3.37. The van der Waals surface area contributed by atoms with E-state index < -0.39 is 0 Å². The summed E-state index contributed by atoms with van der Waals surface area (Å²) in [6, 6.07) is 10.2. The number of ether oxygens (including phenoxy) is 1. The Hall–Kier alpha value is -0.760. The fourth-order valence-electron chi connectivity index (χ4n) is 1.46. The van der Waals surface area contributed by atoms with Crippen LogP contribution < -0.4 is 0 Å². The van der Waals surface area contributed by atoms with Gasteiger partial charge < -0.3 is 4.74 Å². The number of hydrogen-bond donors (Lipinski definition) is 0. The summed E-state index contributed by atoms with van der Waals surface area (Å²) in [7, 11) is 0. The van der Waals surface area contributed by atoms with Crippen LogP contribution in [0.15, 0.2) is 52.5 Å². The van der Waals surface area contributed by atoms with E-state index in [1.807, 2.05) is 24.3 Å². The molecular weight excluding hydrogens is 267 g/mol. The van der Waals surface area contributed by atoms with Crippen LogP contribution in [-0.4, -0.2) is 6.61 Å². The van der Waals surface area contributed by atoms with Crippen molar-refractivity contribution in [3.05, 3.63) is 58.1 Å². The van der Waals surface area contributed by atoms with Gasteiger partial charge in [-0.15, -0.1) is 0 Å². The van der Waals surface area contributed by atoms with Crippen LogP contribution in [0.5, 0.6) is 0 Å². The van der Waals surface area contributed by atoms with Crippen LogP contribution >= 0.6 is 23.2 Å². The summed E-state index contributed by atoms with van der Waals surface area (Å²) in [4.78, 5) is 0. The maximum absolute atomic E-state index is 5.57. The van der Waals surface area contributed by atoms with Crippen LogP contribution in [0.3, 0.4) is 0 Å². The van der Waals surface area contributed by atoms with Gasteiger partial charge in [0.15, 0.2) is 0 Å². The van der Waals surface area contributed by atoms with Crippen molar-refractivity contribution in [2.24, 2.45) is 0 Å². The molecule has 0 spiro atoms. The molecule has 1 nitrogen and oxygen atoms in total. The second kappa shape index (κ2) is 9.21. The summed E-state index contributed by atoms with van der Waals surface area (Å²) in [5.74, 6) is 0. The van der Waals surface area contributed by atoms with Gasteiger partial charge in [0.05, 0.1) is 13.2 Å². The van der Waals surface area contributed by atoms with Gasteiger partial charge in [-0.3, -0.25) is 0 Å². The maximum Gasteiger partial charge on any atom is 0.102 e. The summed E-state index contributed by atoms with van der Waals surface area (Å²) in [5, 5.41) is 0. The molecule has 1 aromatic carbocycles. The average molecular weight is 285 g/mol. The second-order valence-corrected chi connectivity index (χ2v) is 5.09. The quantitative estimate of drug-likeness (QED) is 0.491. The highest BCUT2D eigenvalue weighted by Gasteiger charge is 1.92. The number of hydrogen-bond acceptors (Lipinski definition) is 1. The first-order valence-electron chi connectivity index (χ1n) is 5.97. The van der Waals surface area contributed by atoms with Gasteiger partial charge in [-0.25, -0.2) is 0 Å². The van der Waals surface area contributed by atoms with E-state index in [-0.39, 0.29) is 0 Å². The van der Waals surface area contributed by atoms with Crippen LogP contribution in [-0.2, 0) is 11.3 Å². The molecular formula is C15H18Cl2O. The molecule has 0 atom stereocenters. The van der Waals surface area contributed by atoms with E-state index in [1.165, 1.54) is 11.1 Å². The molecule has 0 fully saturated rings. The predicted molar refractivity (Wildman–Crippen MR) is 78.9 cm³/mol. The molecule has 0 aliphatic carbocycles. The summed E-state index contributed by atoms with van der Waals surface area (Å²) < 4.78 is 5.91. The third-order valence-corrected chi connectivity index (χ3v) is 2.81. The Morgan fingerprint density at radius 2 is 1.89 bits per heavy atom. The van der Waals surface area contributed by atoms with E-state index in [2.05, 4.69) is 25.1 Å². The zero-order chi connectivity index (χ0) is 13.2. The highest BCUT2D eigenvalue weighted by molar-refractivity contribution is 6.55. The fourth-order valence-corrected chi connectivity index (χ4v) is 1.68. The first kappa shape index (κ1) is 15.3. The van der Waals surface area contributed by atoms with Crippen molar-refractivity contribution < 1.29 is 4.74 Å². The molecule has 0 bridgehead atoms. The van der Waals surface area contributed by atoms with Gasteiger partial charge in [0.1, 0.15) is 4.49 Å². The summed E-state index contributed by atoms with van der Waals surface area (Å²) >= 11 is 11.1. The van der Waals surface area contributed by atoms with Gasteiger partial charge in [-0.05, 0) is 25.3 Å². The lowest BCUT2D eigenvalue weighted by Crippen LogP contribution is -1.93. The zero-order valence-corrected chi connectivity index (χ0v) is 12.0. The van der Waals surface area contributed by atoms with Gasteiger partial charge in [0, 0.05) is 0 Å². The van der Waals surface area contributed by atoms with Crippen LogP contribution in [0.2, 0.25) is 0 Å². The van der Waals surface area contributed by atoms with Gasteiger partial charge >= 0.3 is 0 Å².